The highest BCUT2D eigenvalue weighted by atomic mass is 35.5. The van der Waals surface area contributed by atoms with Crippen molar-refractivity contribution in [2.45, 2.75) is 5.16 Å². The minimum atomic E-state index is -0.135. The third kappa shape index (κ3) is 4.64. The molecule has 0 amide bonds. The Morgan fingerprint density at radius 3 is 3.14 bits per heavy atom. The summed E-state index contributed by atoms with van der Waals surface area (Å²) in [5, 5.41) is 0.618. The van der Waals surface area contributed by atoms with Gasteiger partial charge >= 0.3 is 0 Å². The molecule has 14 heavy (non-hydrogen) atoms. The van der Waals surface area contributed by atoms with E-state index in [1.54, 1.807) is 0 Å². The highest BCUT2D eigenvalue weighted by molar-refractivity contribution is 7.99. The van der Waals surface area contributed by atoms with E-state index in [2.05, 4.69) is 9.97 Å². The van der Waals surface area contributed by atoms with E-state index in [-0.39, 0.29) is 5.56 Å². The third-order valence-corrected chi connectivity index (χ3v) is 2.34. The zero-order chi connectivity index (χ0) is 10.2. The van der Waals surface area contributed by atoms with Crippen molar-refractivity contribution in [3.8, 4) is 0 Å². The molecule has 0 unspecified atom stereocenters. The number of hydrogen-bond donors (Lipinski definition) is 1. The Labute approximate surface area is 91.0 Å². The van der Waals surface area contributed by atoms with Gasteiger partial charge in [0, 0.05) is 23.9 Å². The molecule has 0 fully saturated rings. The molecule has 0 saturated heterocycles. The number of ether oxygens (including phenoxy) is 1. The van der Waals surface area contributed by atoms with Crippen molar-refractivity contribution in [3.05, 3.63) is 22.6 Å². The van der Waals surface area contributed by atoms with Crippen LogP contribution in [0.25, 0.3) is 0 Å². The summed E-state index contributed by atoms with van der Waals surface area (Å²) in [4.78, 5) is 17.5. The molecular weight excluding hydrogens is 224 g/mol. The molecule has 78 valence electrons. The average Bonchev–Trinajstić information content (AvgIpc) is 2.18. The molecule has 1 aromatic heterocycles. The minimum absolute atomic E-state index is 0.135. The Morgan fingerprint density at radius 2 is 2.43 bits per heavy atom. The van der Waals surface area contributed by atoms with Crippen LogP contribution in [0.3, 0.4) is 0 Å². The second-order valence-corrected chi connectivity index (χ2v) is 3.85. The Bertz CT molecular complexity index is 318. The maximum atomic E-state index is 10.9. The van der Waals surface area contributed by atoms with Crippen LogP contribution in [0.4, 0.5) is 0 Å². The van der Waals surface area contributed by atoms with Crippen molar-refractivity contribution in [1.29, 1.82) is 0 Å². The lowest BCUT2D eigenvalue weighted by Gasteiger charge is -2.00. The summed E-state index contributed by atoms with van der Waals surface area (Å²) in [7, 11) is 0. The van der Waals surface area contributed by atoms with Gasteiger partial charge in [0.25, 0.3) is 5.56 Å². The van der Waals surface area contributed by atoms with Gasteiger partial charge in [-0.3, -0.25) is 4.79 Å². The van der Waals surface area contributed by atoms with E-state index in [0.717, 1.165) is 5.75 Å². The van der Waals surface area contributed by atoms with E-state index < -0.39 is 0 Å². The highest BCUT2D eigenvalue weighted by Gasteiger charge is 1.95. The molecule has 0 radical (unpaired) electrons. The number of hydrogen-bond acceptors (Lipinski definition) is 4. The summed E-state index contributed by atoms with van der Waals surface area (Å²) < 4.78 is 5.16. The van der Waals surface area contributed by atoms with E-state index in [4.69, 9.17) is 16.3 Å². The van der Waals surface area contributed by atoms with Gasteiger partial charge in [-0.25, -0.2) is 4.98 Å². The van der Waals surface area contributed by atoms with E-state index in [1.165, 1.54) is 24.0 Å². The van der Waals surface area contributed by atoms with Crippen LogP contribution in [0, 0.1) is 0 Å². The molecule has 0 bridgehead atoms. The van der Waals surface area contributed by atoms with Gasteiger partial charge in [-0.2, -0.15) is 0 Å². The molecule has 6 heteroatoms. The molecule has 0 spiro atoms. The van der Waals surface area contributed by atoms with Crippen LogP contribution in [0.2, 0.25) is 0 Å². The van der Waals surface area contributed by atoms with Crippen molar-refractivity contribution < 1.29 is 4.74 Å². The van der Waals surface area contributed by atoms with Gasteiger partial charge in [0.2, 0.25) is 0 Å². The quantitative estimate of drug-likeness (QED) is 0.347. The number of aromatic nitrogens is 2. The highest BCUT2D eigenvalue weighted by Crippen LogP contribution is 2.08. The summed E-state index contributed by atoms with van der Waals surface area (Å²) in [6.07, 6.45) is 1.49. The lowest BCUT2D eigenvalue weighted by atomic mass is 10.7. The Kier molecular flexibility index (Phi) is 5.66. The fourth-order valence-corrected chi connectivity index (χ4v) is 1.59. The van der Waals surface area contributed by atoms with Crippen molar-refractivity contribution >= 4 is 23.4 Å². The first-order chi connectivity index (χ1) is 6.83. The predicted molar refractivity (Wildman–Crippen MR) is 57.1 cm³/mol. The van der Waals surface area contributed by atoms with Crippen LogP contribution in [-0.2, 0) is 4.74 Å². The van der Waals surface area contributed by atoms with Crippen LogP contribution < -0.4 is 5.56 Å². The molecule has 1 rings (SSSR count). The van der Waals surface area contributed by atoms with E-state index in [1.807, 2.05) is 0 Å². The summed E-state index contributed by atoms with van der Waals surface area (Å²) in [6.45, 7) is 1.16. The fraction of sp³-hybridized carbons (Fsp3) is 0.500. The summed E-state index contributed by atoms with van der Waals surface area (Å²) in [6, 6.07) is 1.38. The van der Waals surface area contributed by atoms with E-state index in [0.29, 0.717) is 24.3 Å². The SMILES string of the molecule is O=c1ccnc(SCCOCCCl)[nH]1. The van der Waals surface area contributed by atoms with Gasteiger partial charge in [-0.05, 0) is 0 Å². The number of halogens is 1. The zero-order valence-electron chi connectivity index (χ0n) is 7.53. The van der Waals surface area contributed by atoms with Gasteiger partial charge in [0.15, 0.2) is 5.16 Å². The van der Waals surface area contributed by atoms with Gasteiger partial charge in [0.1, 0.15) is 0 Å². The first kappa shape index (κ1) is 11.6. The van der Waals surface area contributed by atoms with Crippen LogP contribution >= 0.6 is 23.4 Å². The lowest BCUT2D eigenvalue weighted by Crippen LogP contribution is -2.06. The second-order valence-electron chi connectivity index (χ2n) is 2.39. The number of nitrogens with zero attached hydrogens (tertiary/aromatic N) is 1. The molecule has 4 nitrogen and oxygen atoms in total. The molecule has 0 aliphatic rings. The minimum Gasteiger partial charge on any atom is -0.379 e. The fourth-order valence-electron chi connectivity index (χ4n) is 0.779. The summed E-state index contributed by atoms with van der Waals surface area (Å²) in [5.74, 6) is 1.26. The monoisotopic (exact) mass is 234 g/mol. The number of nitrogens with one attached hydrogen (secondary N) is 1. The standard InChI is InChI=1S/C8H11ClN2O2S/c9-2-4-13-5-6-14-8-10-3-1-7(12)11-8/h1,3H,2,4-6H2,(H,10,11,12). The Morgan fingerprint density at radius 1 is 1.57 bits per heavy atom. The van der Waals surface area contributed by atoms with E-state index >= 15 is 0 Å². The van der Waals surface area contributed by atoms with Gasteiger partial charge in [-0.1, -0.05) is 11.8 Å². The molecule has 0 aliphatic carbocycles. The van der Waals surface area contributed by atoms with Crippen LogP contribution in [0.5, 0.6) is 0 Å². The first-order valence-electron chi connectivity index (χ1n) is 4.15. The van der Waals surface area contributed by atoms with Crippen LogP contribution in [-0.4, -0.2) is 34.8 Å². The van der Waals surface area contributed by atoms with Crippen molar-refractivity contribution in [2.24, 2.45) is 0 Å². The largest absolute Gasteiger partial charge is 0.379 e. The zero-order valence-corrected chi connectivity index (χ0v) is 9.11. The van der Waals surface area contributed by atoms with Crippen LogP contribution in [0.15, 0.2) is 22.2 Å². The van der Waals surface area contributed by atoms with Gasteiger partial charge in [0.05, 0.1) is 13.2 Å². The number of aromatic amines is 1. The lowest BCUT2D eigenvalue weighted by molar-refractivity contribution is 0.166. The van der Waals surface area contributed by atoms with Crippen molar-refractivity contribution in [3.63, 3.8) is 0 Å². The smallest absolute Gasteiger partial charge is 0.251 e. The molecule has 1 heterocycles. The number of thioether (sulfide) groups is 1. The molecule has 0 saturated carbocycles. The average molecular weight is 235 g/mol. The van der Waals surface area contributed by atoms with Gasteiger partial charge < -0.3 is 9.72 Å². The molecule has 0 atom stereocenters. The maximum absolute atomic E-state index is 10.9. The Hall–Kier alpha value is -0.520. The predicted octanol–water partition coefficient (Wildman–Crippen LogP) is 1.12. The van der Waals surface area contributed by atoms with Crippen molar-refractivity contribution in [2.75, 3.05) is 24.8 Å². The number of H-pyrrole nitrogens is 1. The Balaban J connectivity index is 2.21. The maximum Gasteiger partial charge on any atom is 0.251 e. The normalized spacial score (nSPS) is 10.4. The number of alkyl halides is 1. The first-order valence-corrected chi connectivity index (χ1v) is 5.67. The second kappa shape index (κ2) is 6.86. The molecule has 1 N–H and O–H groups in total. The van der Waals surface area contributed by atoms with Gasteiger partial charge in [-0.15, -0.1) is 11.6 Å². The van der Waals surface area contributed by atoms with Crippen LogP contribution in [0.1, 0.15) is 0 Å². The molecular formula is C8H11ClN2O2S. The molecule has 1 aromatic rings. The topological polar surface area (TPSA) is 55.0 Å². The molecule has 0 aromatic carbocycles. The summed E-state index contributed by atoms with van der Waals surface area (Å²) >= 11 is 6.88. The van der Waals surface area contributed by atoms with Crippen molar-refractivity contribution in [1.82, 2.24) is 9.97 Å². The summed E-state index contributed by atoms with van der Waals surface area (Å²) in [5.41, 5.74) is -0.135. The van der Waals surface area contributed by atoms with E-state index in [9.17, 15) is 4.79 Å². The number of rotatable bonds is 6. The third-order valence-electron chi connectivity index (χ3n) is 1.34. The molecule has 0 aliphatic heterocycles.